The van der Waals surface area contributed by atoms with E-state index in [1.165, 1.54) is 7.11 Å². The quantitative estimate of drug-likeness (QED) is 0.769. The Kier molecular flexibility index (Phi) is 5.96. The highest BCUT2D eigenvalue weighted by Gasteiger charge is 2.22. The van der Waals surface area contributed by atoms with Crippen molar-refractivity contribution in [2.45, 2.75) is 52.1 Å². The average molecular weight is 264 g/mol. The molecule has 0 amide bonds. The first-order valence-electron chi connectivity index (χ1n) is 6.89. The summed E-state index contributed by atoms with van der Waals surface area (Å²) in [4.78, 5) is 15.6. The van der Waals surface area contributed by atoms with Crippen molar-refractivity contribution in [3.05, 3.63) is 29.6 Å². The van der Waals surface area contributed by atoms with E-state index in [0.29, 0.717) is 5.56 Å². The van der Waals surface area contributed by atoms with Crippen LogP contribution >= 0.6 is 0 Å². The molecule has 0 radical (unpaired) electrons. The van der Waals surface area contributed by atoms with Gasteiger partial charge in [-0.2, -0.15) is 0 Å². The molecule has 19 heavy (non-hydrogen) atoms. The van der Waals surface area contributed by atoms with E-state index in [4.69, 9.17) is 0 Å². The fraction of sp³-hybridized carbons (Fsp3) is 0.600. The maximum Gasteiger partial charge on any atom is 0.339 e. The number of nitrogens with one attached hydrogen (secondary N) is 1. The summed E-state index contributed by atoms with van der Waals surface area (Å²) < 4.78 is 4.65. The smallest absolute Gasteiger partial charge is 0.339 e. The lowest BCUT2D eigenvalue weighted by atomic mass is 9.90. The third-order valence-electron chi connectivity index (χ3n) is 3.92. The van der Waals surface area contributed by atoms with Gasteiger partial charge in [0.2, 0.25) is 0 Å². The molecule has 106 valence electrons. The van der Waals surface area contributed by atoms with Crippen molar-refractivity contribution in [3.63, 3.8) is 0 Å². The van der Waals surface area contributed by atoms with Gasteiger partial charge in [0.15, 0.2) is 0 Å². The predicted octanol–water partition coefficient (Wildman–Crippen LogP) is 2.93. The molecule has 0 fully saturated rings. The van der Waals surface area contributed by atoms with E-state index in [9.17, 15) is 4.79 Å². The zero-order chi connectivity index (χ0) is 14.3. The lowest BCUT2D eigenvalue weighted by Crippen LogP contribution is -2.43. The van der Waals surface area contributed by atoms with Gasteiger partial charge in [-0.1, -0.05) is 20.8 Å². The fourth-order valence-electron chi connectivity index (χ4n) is 2.17. The van der Waals surface area contributed by atoms with Crippen molar-refractivity contribution in [2.75, 3.05) is 7.11 Å². The predicted molar refractivity (Wildman–Crippen MR) is 76.0 cm³/mol. The van der Waals surface area contributed by atoms with Crippen LogP contribution in [-0.2, 0) is 11.3 Å². The molecule has 0 aromatic carbocycles. The summed E-state index contributed by atoms with van der Waals surface area (Å²) in [6.07, 6.45) is 4.86. The number of methoxy groups -OCH3 is 1. The molecular formula is C15H24N2O2. The van der Waals surface area contributed by atoms with Gasteiger partial charge >= 0.3 is 5.97 Å². The first-order valence-corrected chi connectivity index (χ1v) is 6.89. The van der Waals surface area contributed by atoms with E-state index in [-0.39, 0.29) is 11.5 Å². The van der Waals surface area contributed by atoms with E-state index >= 15 is 0 Å². The number of aromatic nitrogens is 1. The lowest BCUT2D eigenvalue weighted by Gasteiger charge is -2.31. The van der Waals surface area contributed by atoms with Gasteiger partial charge in [-0.05, 0) is 31.4 Å². The second-order valence-electron chi connectivity index (χ2n) is 4.72. The van der Waals surface area contributed by atoms with Crippen LogP contribution in [0, 0.1) is 0 Å². The van der Waals surface area contributed by atoms with Crippen molar-refractivity contribution >= 4 is 5.97 Å². The molecule has 0 aliphatic rings. The number of ether oxygens (including phenoxy) is 1. The van der Waals surface area contributed by atoms with E-state index in [0.717, 1.165) is 31.5 Å². The van der Waals surface area contributed by atoms with Crippen molar-refractivity contribution < 1.29 is 9.53 Å². The highest BCUT2D eigenvalue weighted by atomic mass is 16.5. The molecule has 1 aromatic heterocycles. The van der Waals surface area contributed by atoms with Crippen LogP contribution in [0.15, 0.2) is 18.3 Å². The summed E-state index contributed by atoms with van der Waals surface area (Å²) >= 11 is 0. The largest absolute Gasteiger partial charge is 0.465 e. The number of carbonyl (C=O) groups excluding carboxylic acids is 1. The zero-order valence-electron chi connectivity index (χ0n) is 12.3. The van der Waals surface area contributed by atoms with Gasteiger partial charge in [0.1, 0.15) is 0 Å². The molecule has 4 heteroatoms. The fourth-order valence-corrected chi connectivity index (χ4v) is 2.17. The Morgan fingerprint density at radius 1 is 1.26 bits per heavy atom. The molecule has 0 spiro atoms. The molecule has 1 aromatic rings. The van der Waals surface area contributed by atoms with Gasteiger partial charge in [0, 0.05) is 18.3 Å². The first-order chi connectivity index (χ1) is 9.10. The van der Waals surface area contributed by atoms with Crippen molar-refractivity contribution in [1.29, 1.82) is 0 Å². The monoisotopic (exact) mass is 264 g/mol. The summed E-state index contributed by atoms with van der Waals surface area (Å²) in [5, 5.41) is 3.58. The van der Waals surface area contributed by atoms with E-state index in [1.54, 1.807) is 12.3 Å². The number of nitrogens with zero attached hydrogens (tertiary/aromatic N) is 1. The van der Waals surface area contributed by atoms with Crippen LogP contribution in [0.1, 0.15) is 56.1 Å². The minimum Gasteiger partial charge on any atom is -0.465 e. The summed E-state index contributed by atoms with van der Waals surface area (Å²) in [7, 11) is 1.37. The number of rotatable bonds is 7. The topological polar surface area (TPSA) is 51.2 Å². The lowest BCUT2D eigenvalue weighted by molar-refractivity contribution is 0.0600. The van der Waals surface area contributed by atoms with Crippen molar-refractivity contribution in [3.8, 4) is 0 Å². The maximum atomic E-state index is 11.3. The number of hydrogen-bond acceptors (Lipinski definition) is 4. The molecule has 0 atom stereocenters. The Morgan fingerprint density at radius 2 is 1.89 bits per heavy atom. The average Bonchev–Trinajstić information content (AvgIpc) is 2.49. The maximum absolute atomic E-state index is 11.3. The number of esters is 1. The Morgan fingerprint density at radius 3 is 2.32 bits per heavy atom. The van der Waals surface area contributed by atoms with Crippen LogP contribution in [0.3, 0.4) is 0 Å². The molecule has 0 saturated heterocycles. The van der Waals surface area contributed by atoms with Gasteiger partial charge < -0.3 is 10.1 Å². The zero-order valence-corrected chi connectivity index (χ0v) is 12.3. The van der Waals surface area contributed by atoms with E-state index < -0.39 is 0 Å². The molecule has 0 bridgehead atoms. The van der Waals surface area contributed by atoms with Gasteiger partial charge in [-0.25, -0.2) is 4.79 Å². The molecule has 0 saturated carbocycles. The summed E-state index contributed by atoms with van der Waals surface area (Å²) in [5.41, 5.74) is 1.61. The standard InChI is InChI=1S/C15H24N2O2/c1-5-15(6-2,7-3)17-11-13-9-8-12(10-16-13)14(18)19-4/h8-10,17H,5-7,11H2,1-4H3. The summed E-state index contributed by atoms with van der Waals surface area (Å²) in [6.45, 7) is 7.33. The number of hydrogen-bond donors (Lipinski definition) is 1. The van der Waals surface area contributed by atoms with Gasteiger partial charge in [0.05, 0.1) is 18.4 Å². The van der Waals surface area contributed by atoms with Crippen LogP contribution in [0.25, 0.3) is 0 Å². The highest BCUT2D eigenvalue weighted by Crippen LogP contribution is 2.19. The molecule has 1 heterocycles. The molecule has 0 aliphatic heterocycles. The van der Waals surface area contributed by atoms with Crippen LogP contribution in [0.4, 0.5) is 0 Å². The Balaban J connectivity index is 2.66. The molecular weight excluding hydrogens is 240 g/mol. The second kappa shape index (κ2) is 7.24. The number of pyridine rings is 1. The molecule has 1 N–H and O–H groups in total. The van der Waals surface area contributed by atoms with Crippen molar-refractivity contribution in [1.82, 2.24) is 10.3 Å². The third kappa shape index (κ3) is 4.03. The van der Waals surface area contributed by atoms with Crippen LogP contribution in [-0.4, -0.2) is 23.6 Å². The Bertz CT molecular complexity index is 389. The molecule has 0 aliphatic carbocycles. The van der Waals surface area contributed by atoms with Gasteiger partial charge in [0.25, 0.3) is 0 Å². The second-order valence-corrected chi connectivity index (χ2v) is 4.72. The van der Waals surface area contributed by atoms with Crippen LogP contribution < -0.4 is 5.32 Å². The van der Waals surface area contributed by atoms with Gasteiger partial charge in [-0.15, -0.1) is 0 Å². The number of carbonyl (C=O) groups is 1. The molecule has 4 nitrogen and oxygen atoms in total. The van der Waals surface area contributed by atoms with Gasteiger partial charge in [-0.3, -0.25) is 4.98 Å². The third-order valence-corrected chi connectivity index (χ3v) is 3.92. The van der Waals surface area contributed by atoms with Crippen LogP contribution in [0.5, 0.6) is 0 Å². The summed E-state index contributed by atoms with van der Waals surface area (Å²) in [6, 6.07) is 3.62. The van der Waals surface area contributed by atoms with Crippen LogP contribution in [0.2, 0.25) is 0 Å². The summed E-state index contributed by atoms with van der Waals surface area (Å²) in [5.74, 6) is -0.350. The SMILES string of the molecule is CCC(CC)(CC)NCc1ccc(C(=O)OC)cn1. The Hall–Kier alpha value is -1.42. The molecule has 0 unspecified atom stereocenters. The molecule has 1 rings (SSSR count). The first kappa shape index (κ1) is 15.6. The minimum absolute atomic E-state index is 0.183. The highest BCUT2D eigenvalue weighted by molar-refractivity contribution is 5.88. The normalized spacial score (nSPS) is 11.4. The Labute approximate surface area is 115 Å². The minimum atomic E-state index is -0.350. The van der Waals surface area contributed by atoms with E-state index in [1.807, 2.05) is 6.07 Å². The van der Waals surface area contributed by atoms with Crippen molar-refractivity contribution in [2.24, 2.45) is 0 Å². The van der Waals surface area contributed by atoms with E-state index in [2.05, 4.69) is 35.8 Å².